The summed E-state index contributed by atoms with van der Waals surface area (Å²) >= 11 is 5.78. The summed E-state index contributed by atoms with van der Waals surface area (Å²) < 4.78 is 14.0. The number of pyridine rings is 1. The number of hydrogen-bond acceptors (Lipinski definition) is 6. The summed E-state index contributed by atoms with van der Waals surface area (Å²) in [7, 11) is 0. The fourth-order valence-electron chi connectivity index (χ4n) is 2.61. The summed E-state index contributed by atoms with van der Waals surface area (Å²) in [6, 6.07) is 7.84. The lowest BCUT2D eigenvalue weighted by molar-refractivity contribution is 0.00811. The molecule has 0 bridgehead atoms. The third-order valence-corrected chi connectivity index (χ3v) is 4.24. The number of aliphatic hydroxyl groups excluding tert-OH is 1. The van der Waals surface area contributed by atoms with Crippen molar-refractivity contribution in [1.82, 2.24) is 9.88 Å². The van der Waals surface area contributed by atoms with Crippen LogP contribution in [0.3, 0.4) is 0 Å². The first-order valence-electron chi connectivity index (χ1n) is 7.52. The second-order valence-corrected chi connectivity index (χ2v) is 6.00. The smallest absolute Gasteiger partial charge is 0.263 e. The van der Waals surface area contributed by atoms with Crippen LogP contribution < -0.4 is 5.32 Å². The number of nitrogens with one attached hydrogen (secondary N) is 1. The average Bonchev–Trinajstić information content (AvgIpc) is 2.88. The fraction of sp³-hybridized carbons (Fsp3) is 0.176. The van der Waals surface area contributed by atoms with Crippen LogP contribution in [0, 0.1) is 17.1 Å². The number of aliphatic hydroxyl groups is 1. The number of hydrogen-bond donors (Lipinski definition) is 2. The van der Waals surface area contributed by atoms with Gasteiger partial charge in [0.1, 0.15) is 11.2 Å². The number of aromatic nitrogens is 1. The van der Waals surface area contributed by atoms with Crippen LogP contribution in [0.4, 0.5) is 10.2 Å². The third-order valence-electron chi connectivity index (χ3n) is 3.95. The zero-order valence-corrected chi connectivity index (χ0v) is 14.2. The molecule has 2 aromatic rings. The van der Waals surface area contributed by atoms with Gasteiger partial charge in [-0.2, -0.15) is 5.26 Å². The average molecular weight is 375 g/mol. The molecule has 2 heterocycles. The summed E-state index contributed by atoms with van der Waals surface area (Å²) in [5, 5.41) is 21.6. The second kappa shape index (κ2) is 6.71. The van der Waals surface area contributed by atoms with Gasteiger partial charge in [0.2, 0.25) is 0 Å². The van der Waals surface area contributed by atoms with Gasteiger partial charge in [0.05, 0.1) is 22.7 Å². The molecule has 1 aromatic heterocycles. The molecule has 1 aromatic carbocycles. The number of nitriles is 1. The van der Waals surface area contributed by atoms with Crippen molar-refractivity contribution >= 4 is 29.2 Å². The monoisotopic (exact) mass is 374 g/mol. The molecule has 26 heavy (non-hydrogen) atoms. The van der Waals surface area contributed by atoms with Crippen LogP contribution >= 0.6 is 11.6 Å². The molecule has 0 fully saturated rings. The van der Waals surface area contributed by atoms with Crippen LogP contribution in [0.5, 0.6) is 0 Å². The Morgan fingerprint density at radius 3 is 2.42 bits per heavy atom. The van der Waals surface area contributed by atoms with Gasteiger partial charge in [-0.3, -0.25) is 9.59 Å². The first-order valence-corrected chi connectivity index (χ1v) is 7.90. The van der Waals surface area contributed by atoms with Gasteiger partial charge in [0.15, 0.2) is 17.9 Å². The molecule has 2 amide bonds. The van der Waals surface area contributed by atoms with Gasteiger partial charge < -0.3 is 10.4 Å². The van der Waals surface area contributed by atoms with E-state index in [4.69, 9.17) is 16.9 Å². The van der Waals surface area contributed by atoms with Crippen molar-refractivity contribution < 1.29 is 19.1 Å². The van der Waals surface area contributed by atoms with Gasteiger partial charge in [0, 0.05) is 0 Å². The normalized spacial score (nSPS) is 15.4. The minimum Gasteiger partial charge on any atom is -0.371 e. The lowest BCUT2D eigenvalue weighted by Gasteiger charge is -2.27. The van der Waals surface area contributed by atoms with Gasteiger partial charge in [-0.25, -0.2) is 14.3 Å². The van der Waals surface area contributed by atoms with Crippen molar-refractivity contribution in [2.45, 2.75) is 19.2 Å². The van der Waals surface area contributed by atoms with Gasteiger partial charge >= 0.3 is 0 Å². The van der Waals surface area contributed by atoms with Crippen molar-refractivity contribution in [3.8, 4) is 6.07 Å². The molecule has 0 saturated heterocycles. The fourth-order valence-corrected chi connectivity index (χ4v) is 2.79. The molecule has 9 heteroatoms. The highest BCUT2D eigenvalue weighted by Gasteiger charge is 2.41. The molecule has 132 valence electrons. The molecule has 0 radical (unpaired) electrons. The summed E-state index contributed by atoms with van der Waals surface area (Å²) in [5.41, 5.74) is 0.243. The molecular weight excluding hydrogens is 363 g/mol. The first kappa shape index (κ1) is 17.8. The maximum absolute atomic E-state index is 14.0. The Bertz CT molecular complexity index is 925. The maximum Gasteiger partial charge on any atom is 0.263 e. The minimum absolute atomic E-state index is 0.136. The Kier molecular flexibility index (Phi) is 4.59. The van der Waals surface area contributed by atoms with Crippen molar-refractivity contribution in [2.75, 3.05) is 5.32 Å². The van der Waals surface area contributed by atoms with Gasteiger partial charge in [0.25, 0.3) is 11.8 Å². The maximum atomic E-state index is 14.0. The molecule has 0 unspecified atom stereocenters. The Morgan fingerprint density at radius 1 is 1.31 bits per heavy atom. The highest BCUT2D eigenvalue weighted by molar-refractivity contribution is 6.30. The lowest BCUT2D eigenvalue weighted by Crippen LogP contribution is -2.48. The van der Waals surface area contributed by atoms with E-state index in [9.17, 15) is 19.1 Å². The highest BCUT2D eigenvalue weighted by atomic mass is 35.5. The van der Waals surface area contributed by atoms with Crippen LogP contribution in [-0.4, -0.2) is 39.1 Å². The summed E-state index contributed by atoms with van der Waals surface area (Å²) in [4.78, 5) is 29.2. The number of halogens is 2. The van der Waals surface area contributed by atoms with Gasteiger partial charge in [-0.05, 0) is 25.1 Å². The topological polar surface area (TPSA) is 106 Å². The lowest BCUT2D eigenvalue weighted by atomic mass is 10.1. The van der Waals surface area contributed by atoms with E-state index in [1.807, 2.05) is 0 Å². The van der Waals surface area contributed by atoms with E-state index >= 15 is 0 Å². The Balaban J connectivity index is 1.83. The van der Waals surface area contributed by atoms with E-state index in [1.165, 1.54) is 19.1 Å². The summed E-state index contributed by atoms with van der Waals surface area (Å²) in [6.07, 6.45) is -1.57. The molecule has 0 aliphatic carbocycles. The molecule has 2 N–H and O–H groups in total. The quantitative estimate of drug-likeness (QED) is 0.627. The SMILES string of the molecule is C[C@@H](Nc1nc(Cl)c(C#N)cc1F)[C@H](O)N1C(=O)c2ccccc2C1=O. The van der Waals surface area contributed by atoms with Crippen molar-refractivity contribution in [3.05, 3.63) is 58.0 Å². The van der Waals surface area contributed by atoms with Crippen LogP contribution in [0.2, 0.25) is 5.15 Å². The van der Waals surface area contributed by atoms with E-state index in [1.54, 1.807) is 18.2 Å². The van der Waals surface area contributed by atoms with Crippen LogP contribution in [-0.2, 0) is 0 Å². The Morgan fingerprint density at radius 2 is 1.88 bits per heavy atom. The van der Waals surface area contributed by atoms with Gasteiger partial charge in [-0.15, -0.1) is 0 Å². The van der Waals surface area contributed by atoms with Crippen LogP contribution in [0.25, 0.3) is 0 Å². The van der Waals surface area contributed by atoms with Crippen molar-refractivity contribution in [3.63, 3.8) is 0 Å². The number of anilines is 1. The van der Waals surface area contributed by atoms with E-state index in [-0.39, 0.29) is 27.7 Å². The Labute approximate surface area is 152 Å². The predicted octanol–water partition coefficient (Wildman–Crippen LogP) is 2.16. The van der Waals surface area contributed by atoms with E-state index in [0.29, 0.717) is 4.90 Å². The van der Waals surface area contributed by atoms with Crippen molar-refractivity contribution in [1.29, 1.82) is 5.26 Å². The molecule has 2 atom stereocenters. The summed E-state index contributed by atoms with van der Waals surface area (Å²) in [6.45, 7) is 1.45. The second-order valence-electron chi connectivity index (χ2n) is 5.64. The first-order chi connectivity index (χ1) is 12.3. The number of imide groups is 1. The predicted molar refractivity (Wildman–Crippen MR) is 90.0 cm³/mol. The zero-order valence-electron chi connectivity index (χ0n) is 13.4. The standard InChI is InChI=1S/C17H12ClFN4O3/c1-8(21-14-12(19)6-9(7-20)13(18)22-14)15(24)23-16(25)10-4-2-3-5-11(10)17(23)26/h2-6,8,15,24H,1H3,(H,21,22)/t8-,15+/m1/s1. The van der Waals surface area contributed by atoms with E-state index in [2.05, 4.69) is 10.3 Å². The third kappa shape index (κ3) is 2.87. The highest BCUT2D eigenvalue weighted by Crippen LogP contribution is 2.26. The van der Waals surface area contributed by atoms with Crippen LogP contribution in [0.15, 0.2) is 30.3 Å². The van der Waals surface area contributed by atoms with E-state index < -0.39 is 29.9 Å². The number of rotatable bonds is 4. The summed E-state index contributed by atoms with van der Waals surface area (Å²) in [5.74, 6) is -2.44. The van der Waals surface area contributed by atoms with E-state index in [0.717, 1.165) is 6.07 Å². The largest absolute Gasteiger partial charge is 0.371 e. The number of amides is 2. The zero-order chi connectivity index (χ0) is 19.0. The van der Waals surface area contributed by atoms with Crippen molar-refractivity contribution in [2.24, 2.45) is 0 Å². The molecule has 0 spiro atoms. The van der Waals surface area contributed by atoms with Gasteiger partial charge in [-0.1, -0.05) is 23.7 Å². The van der Waals surface area contributed by atoms with Crippen LogP contribution in [0.1, 0.15) is 33.2 Å². The molecule has 1 aliphatic rings. The molecule has 3 rings (SSSR count). The molecule has 7 nitrogen and oxygen atoms in total. The number of carbonyl (C=O) groups excluding carboxylic acids is 2. The Hall–Kier alpha value is -3.02. The number of nitrogens with zero attached hydrogens (tertiary/aromatic N) is 3. The molecule has 1 aliphatic heterocycles. The molecule has 0 saturated carbocycles. The minimum atomic E-state index is -1.57. The number of fused-ring (bicyclic) bond motifs is 1. The number of benzene rings is 1. The number of carbonyl (C=O) groups is 2. The molecular formula is C17H12ClFN4O3.